The molecule has 0 spiro atoms. The highest BCUT2D eigenvalue weighted by molar-refractivity contribution is 5.94. The molecule has 25 heavy (non-hydrogen) atoms. The Hall–Kier alpha value is -2.83. The fourth-order valence-electron chi connectivity index (χ4n) is 2.80. The van der Waals surface area contributed by atoms with Crippen LogP contribution in [0.15, 0.2) is 30.3 Å². The van der Waals surface area contributed by atoms with E-state index in [0.29, 0.717) is 43.6 Å². The molecular formula is C18H22N4O3. The number of aromatic nitrogens is 2. The van der Waals surface area contributed by atoms with E-state index in [4.69, 9.17) is 9.47 Å². The Balaban J connectivity index is 1.65. The van der Waals surface area contributed by atoms with E-state index >= 15 is 0 Å². The van der Waals surface area contributed by atoms with Crippen LogP contribution in [-0.4, -0.2) is 61.2 Å². The highest BCUT2D eigenvalue weighted by Gasteiger charge is 2.24. The minimum absolute atomic E-state index is 0.0324. The standard InChI is InChI=1S/C18H22N4O3/c1-13-12-16(25-3)20-18(19-13)22-10-8-21(9-11-22)17(23)14-4-6-15(24-2)7-5-14/h4-7,12H,8-11H2,1-3H3. The van der Waals surface area contributed by atoms with Crippen molar-refractivity contribution in [3.05, 3.63) is 41.6 Å². The lowest BCUT2D eigenvalue weighted by Crippen LogP contribution is -2.49. The minimum atomic E-state index is 0.0324. The van der Waals surface area contributed by atoms with Gasteiger partial charge in [0, 0.05) is 43.5 Å². The van der Waals surface area contributed by atoms with E-state index < -0.39 is 0 Å². The first-order chi connectivity index (χ1) is 12.1. The molecule has 0 aliphatic carbocycles. The van der Waals surface area contributed by atoms with Crippen LogP contribution >= 0.6 is 0 Å². The normalized spacial score (nSPS) is 14.4. The molecule has 0 saturated carbocycles. The highest BCUT2D eigenvalue weighted by atomic mass is 16.5. The van der Waals surface area contributed by atoms with Crippen LogP contribution in [0.25, 0.3) is 0 Å². The van der Waals surface area contributed by atoms with Gasteiger partial charge in [0.1, 0.15) is 5.75 Å². The number of piperazine rings is 1. The summed E-state index contributed by atoms with van der Waals surface area (Å²) in [7, 11) is 3.20. The molecule has 0 radical (unpaired) electrons. The second kappa shape index (κ2) is 7.38. The first-order valence-corrected chi connectivity index (χ1v) is 8.18. The lowest BCUT2D eigenvalue weighted by atomic mass is 10.1. The van der Waals surface area contributed by atoms with Crippen molar-refractivity contribution >= 4 is 11.9 Å². The summed E-state index contributed by atoms with van der Waals surface area (Å²) in [6, 6.07) is 8.99. The number of carbonyl (C=O) groups excluding carboxylic acids is 1. The summed E-state index contributed by atoms with van der Waals surface area (Å²) in [4.78, 5) is 25.4. The third-order valence-corrected chi connectivity index (χ3v) is 4.21. The van der Waals surface area contributed by atoms with Gasteiger partial charge in [0.2, 0.25) is 11.8 Å². The number of anilines is 1. The Morgan fingerprint density at radius 2 is 1.68 bits per heavy atom. The fourth-order valence-corrected chi connectivity index (χ4v) is 2.80. The summed E-state index contributed by atoms with van der Waals surface area (Å²) in [5, 5.41) is 0. The molecule has 0 unspecified atom stereocenters. The van der Waals surface area contributed by atoms with Gasteiger partial charge < -0.3 is 19.3 Å². The quantitative estimate of drug-likeness (QED) is 0.843. The van der Waals surface area contributed by atoms with Crippen LogP contribution in [-0.2, 0) is 0 Å². The number of rotatable bonds is 4. The number of carbonyl (C=O) groups is 1. The van der Waals surface area contributed by atoms with Crippen molar-refractivity contribution < 1.29 is 14.3 Å². The molecule has 2 heterocycles. The van der Waals surface area contributed by atoms with E-state index in [2.05, 4.69) is 14.9 Å². The van der Waals surface area contributed by atoms with E-state index in [0.717, 1.165) is 11.4 Å². The average molecular weight is 342 g/mol. The summed E-state index contributed by atoms with van der Waals surface area (Å²) < 4.78 is 10.3. The molecular weight excluding hydrogens is 320 g/mol. The number of benzene rings is 1. The Morgan fingerprint density at radius 1 is 1.00 bits per heavy atom. The van der Waals surface area contributed by atoms with Crippen LogP contribution in [0, 0.1) is 6.92 Å². The number of amides is 1. The maximum atomic E-state index is 12.6. The Morgan fingerprint density at radius 3 is 2.28 bits per heavy atom. The molecule has 3 rings (SSSR count). The average Bonchev–Trinajstić information content (AvgIpc) is 2.67. The number of hydrogen-bond donors (Lipinski definition) is 0. The lowest BCUT2D eigenvalue weighted by Gasteiger charge is -2.35. The second-order valence-corrected chi connectivity index (χ2v) is 5.86. The third-order valence-electron chi connectivity index (χ3n) is 4.21. The zero-order valence-corrected chi connectivity index (χ0v) is 14.7. The van der Waals surface area contributed by atoms with Gasteiger partial charge in [0.05, 0.1) is 14.2 Å². The molecule has 1 amide bonds. The van der Waals surface area contributed by atoms with Crippen molar-refractivity contribution in [3.63, 3.8) is 0 Å². The molecule has 1 aliphatic heterocycles. The van der Waals surface area contributed by atoms with Gasteiger partial charge in [-0.2, -0.15) is 4.98 Å². The molecule has 7 heteroatoms. The molecule has 7 nitrogen and oxygen atoms in total. The van der Waals surface area contributed by atoms with Gasteiger partial charge in [0.15, 0.2) is 0 Å². The molecule has 1 aromatic heterocycles. The molecule has 1 aromatic carbocycles. The number of methoxy groups -OCH3 is 2. The number of hydrogen-bond acceptors (Lipinski definition) is 6. The first-order valence-electron chi connectivity index (χ1n) is 8.18. The van der Waals surface area contributed by atoms with Crippen LogP contribution in [0.1, 0.15) is 16.1 Å². The van der Waals surface area contributed by atoms with Gasteiger partial charge in [-0.25, -0.2) is 4.98 Å². The molecule has 0 bridgehead atoms. The van der Waals surface area contributed by atoms with Crippen LogP contribution < -0.4 is 14.4 Å². The minimum Gasteiger partial charge on any atom is -0.497 e. The number of ether oxygens (including phenoxy) is 2. The van der Waals surface area contributed by atoms with Crippen LogP contribution in [0.5, 0.6) is 11.6 Å². The zero-order valence-electron chi connectivity index (χ0n) is 14.7. The SMILES string of the molecule is COc1ccc(C(=O)N2CCN(c3nc(C)cc(OC)n3)CC2)cc1. The molecule has 1 saturated heterocycles. The Labute approximate surface area is 147 Å². The smallest absolute Gasteiger partial charge is 0.253 e. The Kier molecular flexibility index (Phi) is 5.02. The molecule has 132 valence electrons. The molecule has 0 atom stereocenters. The predicted octanol–water partition coefficient (Wildman–Crippen LogP) is 1.76. The van der Waals surface area contributed by atoms with E-state index in [1.807, 2.05) is 11.8 Å². The van der Waals surface area contributed by atoms with Crippen molar-refractivity contribution in [2.24, 2.45) is 0 Å². The first kappa shape index (κ1) is 17.0. The van der Waals surface area contributed by atoms with Gasteiger partial charge in [-0.05, 0) is 31.2 Å². The number of aryl methyl sites for hydroxylation is 1. The van der Waals surface area contributed by atoms with Gasteiger partial charge in [-0.3, -0.25) is 4.79 Å². The predicted molar refractivity (Wildman–Crippen MR) is 94.4 cm³/mol. The summed E-state index contributed by atoms with van der Waals surface area (Å²) in [5.74, 6) is 1.98. The zero-order chi connectivity index (χ0) is 17.8. The maximum absolute atomic E-state index is 12.6. The van der Waals surface area contributed by atoms with Crippen LogP contribution in [0.3, 0.4) is 0 Å². The fraction of sp³-hybridized carbons (Fsp3) is 0.389. The summed E-state index contributed by atoms with van der Waals surface area (Å²) in [6.07, 6.45) is 0. The van der Waals surface area contributed by atoms with E-state index in [-0.39, 0.29) is 5.91 Å². The van der Waals surface area contributed by atoms with Crippen molar-refractivity contribution in [2.45, 2.75) is 6.92 Å². The van der Waals surface area contributed by atoms with Crippen LogP contribution in [0.2, 0.25) is 0 Å². The summed E-state index contributed by atoms with van der Waals surface area (Å²) in [5.41, 5.74) is 1.53. The van der Waals surface area contributed by atoms with E-state index in [1.165, 1.54) is 0 Å². The summed E-state index contributed by atoms with van der Waals surface area (Å²) >= 11 is 0. The van der Waals surface area contributed by atoms with Gasteiger partial charge >= 0.3 is 0 Å². The number of nitrogens with zero attached hydrogens (tertiary/aromatic N) is 4. The lowest BCUT2D eigenvalue weighted by molar-refractivity contribution is 0.0746. The Bertz CT molecular complexity index is 740. The molecule has 1 aliphatic rings. The van der Waals surface area contributed by atoms with Crippen molar-refractivity contribution in [1.82, 2.24) is 14.9 Å². The monoisotopic (exact) mass is 342 g/mol. The maximum Gasteiger partial charge on any atom is 0.253 e. The van der Waals surface area contributed by atoms with E-state index in [1.54, 1.807) is 44.6 Å². The topological polar surface area (TPSA) is 67.8 Å². The largest absolute Gasteiger partial charge is 0.497 e. The highest BCUT2D eigenvalue weighted by Crippen LogP contribution is 2.18. The van der Waals surface area contributed by atoms with Crippen molar-refractivity contribution in [1.29, 1.82) is 0 Å². The van der Waals surface area contributed by atoms with Gasteiger partial charge in [-0.1, -0.05) is 0 Å². The van der Waals surface area contributed by atoms with Crippen molar-refractivity contribution in [2.75, 3.05) is 45.3 Å². The molecule has 1 fully saturated rings. The molecule has 2 aromatic rings. The molecule has 0 N–H and O–H groups in total. The summed E-state index contributed by atoms with van der Waals surface area (Å²) in [6.45, 7) is 4.55. The van der Waals surface area contributed by atoms with Gasteiger partial charge in [0.25, 0.3) is 5.91 Å². The van der Waals surface area contributed by atoms with Crippen molar-refractivity contribution in [3.8, 4) is 11.6 Å². The second-order valence-electron chi connectivity index (χ2n) is 5.86. The third kappa shape index (κ3) is 3.81. The van der Waals surface area contributed by atoms with Gasteiger partial charge in [-0.15, -0.1) is 0 Å². The van der Waals surface area contributed by atoms with E-state index in [9.17, 15) is 4.79 Å². The van der Waals surface area contributed by atoms with Crippen LogP contribution in [0.4, 0.5) is 5.95 Å².